The number of thiazole rings is 1. The number of nitrogens with zero attached hydrogens (tertiary/aromatic N) is 2. The molecule has 0 bridgehead atoms. The second-order valence-corrected chi connectivity index (χ2v) is 11.8. The van der Waals surface area contributed by atoms with Crippen molar-refractivity contribution in [1.29, 1.82) is 0 Å². The van der Waals surface area contributed by atoms with Crippen molar-refractivity contribution in [2.75, 3.05) is 6.54 Å². The molecule has 0 spiro atoms. The number of amides is 2. The Labute approximate surface area is 247 Å². The lowest BCUT2D eigenvalue weighted by atomic mass is 9.95. The summed E-state index contributed by atoms with van der Waals surface area (Å²) >= 11 is 1.22. The summed E-state index contributed by atoms with van der Waals surface area (Å²) in [6, 6.07) is 9.00. The Morgan fingerprint density at radius 2 is 1.80 bits per heavy atom. The highest BCUT2D eigenvalue weighted by molar-refractivity contribution is 7.09. The van der Waals surface area contributed by atoms with Gasteiger partial charge in [0.2, 0.25) is 5.91 Å². The van der Waals surface area contributed by atoms with Gasteiger partial charge in [0.1, 0.15) is 10.7 Å². The summed E-state index contributed by atoms with van der Waals surface area (Å²) in [7, 11) is 0. The van der Waals surface area contributed by atoms with Gasteiger partial charge in [0, 0.05) is 36.9 Å². The van der Waals surface area contributed by atoms with Crippen LogP contribution in [0.2, 0.25) is 0 Å². The van der Waals surface area contributed by atoms with E-state index in [1.165, 1.54) is 11.3 Å². The summed E-state index contributed by atoms with van der Waals surface area (Å²) in [5.41, 5.74) is 1.16. The van der Waals surface area contributed by atoms with E-state index < -0.39 is 29.9 Å². The van der Waals surface area contributed by atoms with Crippen LogP contribution in [0.5, 0.6) is 0 Å². The first-order valence-electron chi connectivity index (χ1n) is 14.5. The van der Waals surface area contributed by atoms with E-state index in [9.17, 15) is 24.3 Å². The molecule has 226 valence electrons. The van der Waals surface area contributed by atoms with Crippen LogP contribution in [0.25, 0.3) is 0 Å². The maximum absolute atomic E-state index is 13.2. The van der Waals surface area contributed by atoms with E-state index in [4.69, 9.17) is 4.74 Å². The smallest absolute Gasteiger partial charge is 0.306 e. The first kappa shape index (κ1) is 33.9. The summed E-state index contributed by atoms with van der Waals surface area (Å²) in [5.74, 6) is -1.77. The zero-order valence-corrected chi connectivity index (χ0v) is 25.7. The molecule has 2 N–H and O–H groups in total. The summed E-state index contributed by atoms with van der Waals surface area (Å²) in [5, 5.41) is 14.5. The van der Waals surface area contributed by atoms with Crippen molar-refractivity contribution in [2.24, 2.45) is 11.8 Å². The Kier molecular flexibility index (Phi) is 14.5. The number of nitrogens with one attached hydrogen (secondary N) is 1. The largest absolute Gasteiger partial charge is 0.481 e. The predicted octanol–water partition coefficient (Wildman–Crippen LogP) is 5.65. The van der Waals surface area contributed by atoms with Crippen LogP contribution < -0.4 is 5.32 Å². The molecule has 10 heteroatoms. The van der Waals surface area contributed by atoms with Crippen molar-refractivity contribution in [3.05, 3.63) is 52.0 Å². The van der Waals surface area contributed by atoms with Gasteiger partial charge in [0.15, 0.2) is 6.10 Å². The fourth-order valence-corrected chi connectivity index (χ4v) is 5.71. The highest BCUT2D eigenvalue weighted by Gasteiger charge is 2.31. The topological polar surface area (TPSA) is 126 Å². The lowest BCUT2D eigenvalue weighted by Gasteiger charge is -2.36. The van der Waals surface area contributed by atoms with E-state index in [0.29, 0.717) is 37.3 Å². The molecular weight excluding hydrogens is 542 g/mol. The number of unbranched alkanes of at least 4 members (excludes halogenated alkanes) is 1. The lowest BCUT2D eigenvalue weighted by molar-refractivity contribution is -0.142. The molecule has 0 radical (unpaired) electrons. The number of carbonyl (C=O) groups is 4. The second-order valence-electron chi connectivity index (χ2n) is 10.9. The molecular formula is C31H45N3O6S. The van der Waals surface area contributed by atoms with Gasteiger partial charge in [-0.3, -0.25) is 19.2 Å². The van der Waals surface area contributed by atoms with Gasteiger partial charge in [-0.1, -0.05) is 71.4 Å². The molecule has 2 aromatic rings. The minimum atomic E-state index is -0.924. The van der Waals surface area contributed by atoms with Crippen LogP contribution >= 0.6 is 11.3 Å². The SMILES string of the molecule is CCCCC(=O)N(CCC)C(C[C@@H](OC=O)c1nc(C(=O)NC(Cc2ccccc2)C[C@H](C)C(=O)O)cs1)C(C)C. The van der Waals surface area contributed by atoms with E-state index in [2.05, 4.69) is 17.2 Å². The van der Waals surface area contributed by atoms with Gasteiger partial charge in [-0.05, 0) is 37.2 Å². The highest BCUT2D eigenvalue weighted by Crippen LogP contribution is 2.30. The summed E-state index contributed by atoms with van der Waals surface area (Å²) in [4.78, 5) is 55.7. The Morgan fingerprint density at radius 1 is 1.10 bits per heavy atom. The molecule has 2 amide bonds. The van der Waals surface area contributed by atoms with Crippen LogP contribution in [0.4, 0.5) is 0 Å². The Morgan fingerprint density at radius 3 is 2.39 bits per heavy atom. The minimum absolute atomic E-state index is 0.0940. The Hall–Kier alpha value is -3.27. The lowest BCUT2D eigenvalue weighted by Crippen LogP contribution is -2.44. The van der Waals surface area contributed by atoms with Crippen molar-refractivity contribution in [3.63, 3.8) is 0 Å². The van der Waals surface area contributed by atoms with Crippen LogP contribution in [0.3, 0.4) is 0 Å². The van der Waals surface area contributed by atoms with Gasteiger partial charge in [0.05, 0.1) is 5.92 Å². The maximum Gasteiger partial charge on any atom is 0.306 e. The molecule has 0 saturated heterocycles. The number of ether oxygens (including phenoxy) is 1. The van der Waals surface area contributed by atoms with Crippen molar-refractivity contribution in [1.82, 2.24) is 15.2 Å². The van der Waals surface area contributed by atoms with Gasteiger partial charge in [-0.2, -0.15) is 0 Å². The van der Waals surface area contributed by atoms with Crippen LogP contribution in [0.1, 0.15) is 100 Å². The fraction of sp³-hybridized carbons (Fsp3) is 0.581. The zero-order valence-electron chi connectivity index (χ0n) is 24.9. The third kappa shape index (κ3) is 10.9. The third-order valence-electron chi connectivity index (χ3n) is 7.12. The molecule has 0 aliphatic carbocycles. The number of carboxylic acids is 1. The fourth-order valence-electron chi connectivity index (χ4n) is 4.87. The number of rotatable bonds is 19. The molecule has 1 heterocycles. The van der Waals surface area contributed by atoms with E-state index in [1.54, 1.807) is 12.3 Å². The highest BCUT2D eigenvalue weighted by atomic mass is 32.1. The van der Waals surface area contributed by atoms with E-state index >= 15 is 0 Å². The summed E-state index contributed by atoms with van der Waals surface area (Å²) < 4.78 is 5.46. The standard InChI is InChI=1S/C31H45N3O6S/c1-6-8-14-28(36)34(15-7-2)26(21(3)4)18-27(40-20-35)30-33-25(19-41-30)29(37)32-24(16-22(5)31(38)39)17-23-12-10-9-11-13-23/h9-13,19-22,24,26-27H,6-8,14-18H2,1-5H3,(H,32,37)(H,38,39)/t22-,24?,26?,27+/m0/s1. The van der Waals surface area contributed by atoms with E-state index in [0.717, 1.165) is 24.8 Å². The van der Waals surface area contributed by atoms with Crippen LogP contribution in [-0.2, 0) is 25.5 Å². The molecule has 0 aliphatic heterocycles. The number of aromatic nitrogens is 1. The van der Waals surface area contributed by atoms with Gasteiger partial charge >= 0.3 is 5.97 Å². The van der Waals surface area contributed by atoms with Crippen LogP contribution in [0.15, 0.2) is 35.7 Å². The maximum atomic E-state index is 13.2. The third-order valence-corrected chi connectivity index (χ3v) is 8.06. The molecule has 2 rings (SSSR count). The molecule has 0 fully saturated rings. The molecule has 1 aromatic carbocycles. The first-order chi connectivity index (χ1) is 19.6. The van der Waals surface area contributed by atoms with Crippen molar-refractivity contribution in [2.45, 2.75) is 97.8 Å². The first-order valence-corrected chi connectivity index (χ1v) is 15.4. The van der Waals surface area contributed by atoms with Crippen LogP contribution in [-0.4, -0.2) is 57.9 Å². The number of carbonyl (C=O) groups excluding carboxylic acids is 3. The molecule has 0 saturated carbocycles. The number of benzene rings is 1. The molecule has 9 nitrogen and oxygen atoms in total. The van der Waals surface area contributed by atoms with Crippen molar-refractivity contribution >= 4 is 35.6 Å². The molecule has 1 aromatic heterocycles. The van der Waals surface area contributed by atoms with Crippen molar-refractivity contribution in [3.8, 4) is 0 Å². The monoisotopic (exact) mass is 587 g/mol. The summed E-state index contributed by atoms with van der Waals surface area (Å²) in [6.45, 7) is 10.8. The van der Waals surface area contributed by atoms with Crippen molar-refractivity contribution < 1.29 is 29.0 Å². The average Bonchev–Trinajstić information content (AvgIpc) is 3.44. The van der Waals surface area contributed by atoms with E-state index in [1.807, 2.05) is 56.0 Å². The van der Waals surface area contributed by atoms with Crippen LogP contribution in [0, 0.1) is 11.8 Å². The van der Waals surface area contributed by atoms with Gasteiger partial charge in [-0.25, -0.2) is 4.98 Å². The molecule has 41 heavy (non-hydrogen) atoms. The number of hydrogen-bond acceptors (Lipinski definition) is 7. The van der Waals surface area contributed by atoms with Gasteiger partial charge in [0.25, 0.3) is 12.4 Å². The zero-order chi connectivity index (χ0) is 30.4. The number of aliphatic carboxylic acids is 1. The normalized spacial score (nSPS) is 14.1. The quantitative estimate of drug-likeness (QED) is 0.203. The summed E-state index contributed by atoms with van der Waals surface area (Å²) in [6.07, 6.45) is 3.44. The van der Waals surface area contributed by atoms with Gasteiger partial charge < -0.3 is 20.1 Å². The second kappa shape index (κ2) is 17.5. The minimum Gasteiger partial charge on any atom is -0.481 e. The Bertz CT molecular complexity index is 1110. The number of hydrogen-bond donors (Lipinski definition) is 2. The Balaban J connectivity index is 2.24. The molecule has 0 aliphatic rings. The molecule has 4 atom stereocenters. The van der Waals surface area contributed by atoms with E-state index in [-0.39, 0.29) is 30.0 Å². The average molecular weight is 588 g/mol. The van der Waals surface area contributed by atoms with Gasteiger partial charge in [-0.15, -0.1) is 11.3 Å². The predicted molar refractivity (Wildman–Crippen MR) is 160 cm³/mol. The number of carboxylic acid groups (broad SMARTS) is 1. The molecule has 2 unspecified atom stereocenters.